The van der Waals surface area contributed by atoms with Crippen LogP contribution in [-0.2, 0) is 0 Å². The van der Waals surface area contributed by atoms with Gasteiger partial charge in [0.25, 0.3) is 0 Å². The molecule has 94 valence electrons. The maximum atomic E-state index is 11.1. The molecule has 0 spiro atoms. The van der Waals surface area contributed by atoms with Crippen LogP contribution in [0.25, 0.3) is 22.4 Å². The second kappa shape index (κ2) is 4.82. The quantitative estimate of drug-likeness (QED) is 0.667. The van der Waals surface area contributed by atoms with Crippen molar-refractivity contribution in [2.75, 3.05) is 0 Å². The average molecular weight is 269 g/mol. The zero-order valence-electron chi connectivity index (χ0n) is 10.3. The first kappa shape index (κ1) is 11.9. The number of furan rings is 1. The van der Waals surface area contributed by atoms with Crippen molar-refractivity contribution in [3.63, 3.8) is 0 Å². The highest BCUT2D eigenvalue weighted by molar-refractivity contribution is 7.19. The second-order valence-corrected chi connectivity index (χ2v) is 5.17. The van der Waals surface area contributed by atoms with Crippen molar-refractivity contribution in [2.24, 2.45) is 0 Å². The van der Waals surface area contributed by atoms with Gasteiger partial charge < -0.3 is 4.42 Å². The number of hydrogen-bond acceptors (Lipinski definition) is 4. The fourth-order valence-corrected chi connectivity index (χ4v) is 2.62. The van der Waals surface area contributed by atoms with Crippen LogP contribution in [0.3, 0.4) is 0 Å². The molecule has 2 heterocycles. The van der Waals surface area contributed by atoms with Gasteiger partial charge in [0, 0.05) is 6.92 Å². The van der Waals surface area contributed by atoms with E-state index in [1.165, 1.54) is 6.92 Å². The summed E-state index contributed by atoms with van der Waals surface area (Å²) in [4.78, 5) is 15.6. The Labute approximate surface area is 114 Å². The number of nitrogens with zero attached hydrogens (tertiary/aromatic N) is 1. The molecule has 0 N–H and O–H groups in total. The monoisotopic (exact) mass is 269 g/mol. The van der Waals surface area contributed by atoms with Crippen LogP contribution in [0.5, 0.6) is 0 Å². The number of aromatic nitrogens is 1. The van der Waals surface area contributed by atoms with E-state index in [4.69, 9.17) is 4.42 Å². The van der Waals surface area contributed by atoms with E-state index >= 15 is 0 Å². The SMILES string of the molecule is CC(=O)c1ccc(C=Cc2nc3ccccc3s2)o1. The lowest BCUT2D eigenvalue weighted by atomic mass is 10.3. The van der Waals surface area contributed by atoms with Gasteiger partial charge in [0.05, 0.1) is 10.2 Å². The number of fused-ring (bicyclic) bond motifs is 1. The molecule has 3 aromatic rings. The largest absolute Gasteiger partial charge is 0.454 e. The van der Waals surface area contributed by atoms with Crippen LogP contribution in [0.1, 0.15) is 28.2 Å². The third-order valence-electron chi connectivity index (χ3n) is 2.67. The van der Waals surface area contributed by atoms with Gasteiger partial charge in [-0.05, 0) is 36.4 Å². The maximum Gasteiger partial charge on any atom is 0.194 e. The average Bonchev–Trinajstić information content (AvgIpc) is 3.02. The number of Topliss-reactive ketones (excluding diaryl/α,β-unsaturated/α-hetero) is 1. The molecule has 0 unspecified atom stereocenters. The predicted octanol–water partition coefficient (Wildman–Crippen LogP) is 4.26. The van der Waals surface area contributed by atoms with Crippen LogP contribution in [0.15, 0.2) is 40.8 Å². The van der Waals surface area contributed by atoms with E-state index in [1.54, 1.807) is 23.5 Å². The number of thiazole rings is 1. The smallest absolute Gasteiger partial charge is 0.194 e. The minimum atomic E-state index is -0.0698. The van der Waals surface area contributed by atoms with Gasteiger partial charge in [-0.1, -0.05) is 12.1 Å². The number of hydrogen-bond donors (Lipinski definition) is 0. The van der Waals surface area contributed by atoms with Crippen molar-refractivity contribution in [1.82, 2.24) is 4.98 Å². The molecule has 0 fully saturated rings. The number of carbonyl (C=O) groups excluding carboxylic acids is 1. The Morgan fingerprint density at radius 3 is 2.79 bits per heavy atom. The van der Waals surface area contributed by atoms with Crippen LogP contribution in [0.2, 0.25) is 0 Å². The summed E-state index contributed by atoms with van der Waals surface area (Å²) in [7, 11) is 0. The van der Waals surface area contributed by atoms with Crippen molar-refractivity contribution in [2.45, 2.75) is 6.92 Å². The summed E-state index contributed by atoms with van der Waals surface area (Å²) in [6, 6.07) is 11.5. The lowest BCUT2D eigenvalue weighted by Gasteiger charge is -1.86. The third-order valence-corrected chi connectivity index (χ3v) is 3.68. The molecule has 1 aromatic carbocycles. The summed E-state index contributed by atoms with van der Waals surface area (Å²) >= 11 is 1.62. The van der Waals surface area contributed by atoms with E-state index in [1.807, 2.05) is 36.4 Å². The topological polar surface area (TPSA) is 43.1 Å². The van der Waals surface area contributed by atoms with E-state index in [9.17, 15) is 4.79 Å². The lowest BCUT2D eigenvalue weighted by Crippen LogP contribution is -1.85. The predicted molar refractivity (Wildman–Crippen MR) is 77.3 cm³/mol. The van der Waals surface area contributed by atoms with Crippen LogP contribution < -0.4 is 0 Å². The Morgan fingerprint density at radius 1 is 1.21 bits per heavy atom. The van der Waals surface area contributed by atoms with Gasteiger partial charge in [-0.2, -0.15) is 0 Å². The third kappa shape index (κ3) is 2.48. The Morgan fingerprint density at radius 2 is 2.05 bits per heavy atom. The summed E-state index contributed by atoms with van der Waals surface area (Å²) < 4.78 is 6.54. The van der Waals surface area contributed by atoms with Gasteiger partial charge in [-0.15, -0.1) is 11.3 Å². The maximum absolute atomic E-state index is 11.1. The Balaban J connectivity index is 1.86. The van der Waals surface area contributed by atoms with Gasteiger partial charge in [0.2, 0.25) is 0 Å². The molecular weight excluding hydrogens is 258 g/mol. The summed E-state index contributed by atoms with van der Waals surface area (Å²) in [5, 5.41) is 0.918. The van der Waals surface area contributed by atoms with E-state index in [2.05, 4.69) is 4.98 Å². The Hall–Kier alpha value is -2.20. The summed E-state index contributed by atoms with van der Waals surface area (Å²) in [5.74, 6) is 0.966. The first-order valence-electron chi connectivity index (χ1n) is 5.87. The van der Waals surface area contributed by atoms with E-state index in [0.717, 1.165) is 15.2 Å². The standard InChI is InChI=1S/C15H11NO2S/c1-10(17)13-8-6-11(18-13)7-9-15-16-12-4-2-3-5-14(12)19-15/h2-9H,1H3. The summed E-state index contributed by atoms with van der Waals surface area (Å²) in [6.07, 6.45) is 3.72. The van der Waals surface area contributed by atoms with Crippen LogP contribution in [0.4, 0.5) is 0 Å². The molecular formula is C15H11NO2S. The lowest BCUT2D eigenvalue weighted by molar-refractivity contribution is 0.0987. The fraction of sp³-hybridized carbons (Fsp3) is 0.0667. The molecule has 3 nitrogen and oxygen atoms in total. The number of para-hydroxylation sites is 1. The second-order valence-electron chi connectivity index (χ2n) is 4.11. The Kier molecular flexibility index (Phi) is 3.01. The Bertz CT molecular complexity index is 734. The van der Waals surface area contributed by atoms with Gasteiger partial charge in [-0.25, -0.2) is 4.98 Å². The van der Waals surface area contributed by atoms with Gasteiger partial charge in [-0.3, -0.25) is 4.79 Å². The summed E-state index contributed by atoms with van der Waals surface area (Å²) in [5.41, 5.74) is 0.996. The van der Waals surface area contributed by atoms with Crippen LogP contribution in [-0.4, -0.2) is 10.8 Å². The fourth-order valence-electron chi connectivity index (χ4n) is 1.75. The number of rotatable bonds is 3. The van der Waals surface area contributed by atoms with Crippen LogP contribution in [0, 0.1) is 0 Å². The van der Waals surface area contributed by atoms with E-state index in [0.29, 0.717) is 11.5 Å². The molecule has 0 saturated carbocycles. The zero-order valence-corrected chi connectivity index (χ0v) is 11.1. The molecule has 2 aromatic heterocycles. The first-order chi connectivity index (χ1) is 9.22. The van der Waals surface area contributed by atoms with Crippen molar-refractivity contribution in [3.05, 3.63) is 52.9 Å². The molecule has 0 aliphatic rings. The van der Waals surface area contributed by atoms with Crippen molar-refractivity contribution in [1.29, 1.82) is 0 Å². The first-order valence-corrected chi connectivity index (χ1v) is 6.68. The van der Waals surface area contributed by atoms with Crippen molar-refractivity contribution < 1.29 is 9.21 Å². The van der Waals surface area contributed by atoms with Gasteiger partial charge in [0.1, 0.15) is 10.8 Å². The van der Waals surface area contributed by atoms with Crippen molar-refractivity contribution >= 4 is 39.5 Å². The molecule has 0 aliphatic heterocycles. The van der Waals surface area contributed by atoms with Gasteiger partial charge in [0.15, 0.2) is 11.5 Å². The molecule has 0 bridgehead atoms. The van der Waals surface area contributed by atoms with Gasteiger partial charge >= 0.3 is 0 Å². The van der Waals surface area contributed by atoms with E-state index < -0.39 is 0 Å². The molecule has 4 heteroatoms. The minimum absolute atomic E-state index is 0.0698. The zero-order chi connectivity index (χ0) is 13.2. The molecule has 0 aliphatic carbocycles. The normalized spacial score (nSPS) is 11.4. The summed E-state index contributed by atoms with van der Waals surface area (Å²) in [6.45, 7) is 1.49. The molecule has 0 radical (unpaired) electrons. The van der Waals surface area contributed by atoms with E-state index in [-0.39, 0.29) is 5.78 Å². The molecule has 0 amide bonds. The molecule has 3 rings (SSSR count). The number of ketones is 1. The highest BCUT2D eigenvalue weighted by Gasteiger charge is 2.04. The molecule has 0 saturated heterocycles. The number of benzene rings is 1. The minimum Gasteiger partial charge on any atom is -0.454 e. The molecule has 0 atom stereocenters. The van der Waals surface area contributed by atoms with Crippen LogP contribution >= 0.6 is 11.3 Å². The van der Waals surface area contributed by atoms with Crippen molar-refractivity contribution in [3.8, 4) is 0 Å². The number of carbonyl (C=O) groups is 1. The highest BCUT2D eigenvalue weighted by Crippen LogP contribution is 2.23. The molecule has 19 heavy (non-hydrogen) atoms. The highest BCUT2D eigenvalue weighted by atomic mass is 32.1.